The molecule has 0 aromatic heterocycles. The number of carbonyl (C=O) groups is 1. The Bertz CT molecular complexity index is 790. The van der Waals surface area contributed by atoms with E-state index in [9.17, 15) is 4.79 Å². The average Bonchev–Trinajstić information content (AvgIpc) is 2.70. The number of fused-ring (bicyclic) bond motifs is 1. The quantitative estimate of drug-likeness (QED) is 0.861. The number of amides is 1. The lowest BCUT2D eigenvalue weighted by Gasteiger charge is -2.24. The maximum absolute atomic E-state index is 12.6. The summed E-state index contributed by atoms with van der Waals surface area (Å²) in [6, 6.07) is 11.4. The summed E-state index contributed by atoms with van der Waals surface area (Å²) in [5.74, 6) is 2.41. The third-order valence-corrected chi connectivity index (χ3v) is 4.49. The van der Waals surface area contributed by atoms with Crippen LogP contribution in [0.2, 0.25) is 0 Å². The summed E-state index contributed by atoms with van der Waals surface area (Å²) in [5, 5.41) is 2.97. The molecule has 1 aliphatic rings. The number of rotatable bonds is 6. The van der Waals surface area contributed by atoms with Crippen LogP contribution in [0.15, 0.2) is 36.4 Å². The number of carbonyl (C=O) groups excluding carboxylic acids is 1. The minimum Gasteiger partial charge on any atom is -0.496 e. The standard InChI is InChI=1S/C20H23NO5/c1-23-17-10-19(25-3)18(24-2)9-14(17)11-21-20(22)15-8-13-6-4-5-7-16(13)26-12-15/h4-7,9-10,15H,8,11-12H2,1-3H3,(H,21,22)/t15-/m1/s1. The van der Waals surface area contributed by atoms with E-state index in [2.05, 4.69) is 5.32 Å². The van der Waals surface area contributed by atoms with Crippen LogP contribution in [0.25, 0.3) is 0 Å². The Labute approximate surface area is 153 Å². The Balaban J connectivity index is 1.68. The van der Waals surface area contributed by atoms with Gasteiger partial charge in [0, 0.05) is 18.2 Å². The minimum atomic E-state index is -0.212. The molecule has 0 radical (unpaired) electrons. The third kappa shape index (κ3) is 3.69. The van der Waals surface area contributed by atoms with Crippen LogP contribution in [0.3, 0.4) is 0 Å². The monoisotopic (exact) mass is 357 g/mol. The first kappa shape index (κ1) is 17.9. The molecule has 1 heterocycles. The molecule has 1 N–H and O–H groups in total. The van der Waals surface area contributed by atoms with E-state index >= 15 is 0 Å². The second kappa shape index (κ2) is 7.99. The van der Waals surface area contributed by atoms with Gasteiger partial charge in [-0.15, -0.1) is 0 Å². The van der Waals surface area contributed by atoms with Crippen molar-refractivity contribution in [3.8, 4) is 23.0 Å². The molecule has 6 nitrogen and oxygen atoms in total. The second-order valence-corrected chi connectivity index (χ2v) is 6.06. The van der Waals surface area contributed by atoms with Crippen LogP contribution in [-0.4, -0.2) is 33.8 Å². The summed E-state index contributed by atoms with van der Waals surface area (Å²) >= 11 is 0. The fraction of sp³-hybridized carbons (Fsp3) is 0.350. The van der Waals surface area contributed by atoms with Crippen LogP contribution < -0.4 is 24.3 Å². The SMILES string of the molecule is COc1cc(OC)c(OC)cc1CNC(=O)[C@H]1COc2ccccc2C1. The van der Waals surface area contributed by atoms with Gasteiger partial charge in [-0.1, -0.05) is 18.2 Å². The Morgan fingerprint density at radius 2 is 1.77 bits per heavy atom. The fourth-order valence-electron chi connectivity index (χ4n) is 3.05. The molecule has 26 heavy (non-hydrogen) atoms. The van der Waals surface area contributed by atoms with Crippen LogP contribution >= 0.6 is 0 Å². The lowest BCUT2D eigenvalue weighted by atomic mass is 9.96. The Morgan fingerprint density at radius 3 is 2.50 bits per heavy atom. The number of hydrogen-bond acceptors (Lipinski definition) is 5. The van der Waals surface area contributed by atoms with Gasteiger partial charge in [0.25, 0.3) is 0 Å². The van der Waals surface area contributed by atoms with Crippen molar-refractivity contribution in [3.63, 3.8) is 0 Å². The molecule has 0 fully saturated rings. The second-order valence-electron chi connectivity index (χ2n) is 6.06. The molecule has 2 aromatic rings. The average molecular weight is 357 g/mol. The van der Waals surface area contributed by atoms with E-state index in [0.717, 1.165) is 16.9 Å². The Hall–Kier alpha value is -2.89. The van der Waals surface area contributed by atoms with E-state index < -0.39 is 0 Å². The first-order chi connectivity index (χ1) is 12.7. The highest BCUT2D eigenvalue weighted by Crippen LogP contribution is 2.34. The largest absolute Gasteiger partial charge is 0.496 e. The highest BCUT2D eigenvalue weighted by molar-refractivity contribution is 5.79. The molecule has 1 aliphatic heterocycles. The van der Waals surface area contributed by atoms with E-state index in [1.54, 1.807) is 27.4 Å². The van der Waals surface area contributed by atoms with Gasteiger partial charge < -0.3 is 24.3 Å². The zero-order chi connectivity index (χ0) is 18.5. The Kier molecular flexibility index (Phi) is 5.51. The van der Waals surface area contributed by atoms with Crippen molar-refractivity contribution in [1.82, 2.24) is 5.32 Å². The van der Waals surface area contributed by atoms with Crippen molar-refractivity contribution in [2.75, 3.05) is 27.9 Å². The van der Waals surface area contributed by atoms with Gasteiger partial charge in [0.15, 0.2) is 11.5 Å². The zero-order valence-electron chi connectivity index (χ0n) is 15.2. The van der Waals surface area contributed by atoms with Gasteiger partial charge >= 0.3 is 0 Å². The van der Waals surface area contributed by atoms with Crippen molar-refractivity contribution in [3.05, 3.63) is 47.5 Å². The molecular formula is C20H23NO5. The van der Waals surface area contributed by atoms with Crippen molar-refractivity contribution in [2.45, 2.75) is 13.0 Å². The topological polar surface area (TPSA) is 66.0 Å². The molecule has 138 valence electrons. The fourth-order valence-corrected chi connectivity index (χ4v) is 3.05. The lowest BCUT2D eigenvalue weighted by Crippen LogP contribution is -2.37. The third-order valence-electron chi connectivity index (χ3n) is 4.49. The molecular weight excluding hydrogens is 334 g/mol. The highest BCUT2D eigenvalue weighted by Gasteiger charge is 2.26. The molecule has 1 amide bonds. The molecule has 0 aliphatic carbocycles. The number of hydrogen-bond donors (Lipinski definition) is 1. The maximum atomic E-state index is 12.6. The summed E-state index contributed by atoms with van der Waals surface area (Å²) in [7, 11) is 4.72. The van der Waals surface area contributed by atoms with Gasteiger partial charge in [-0.25, -0.2) is 0 Å². The summed E-state index contributed by atoms with van der Waals surface area (Å²) in [4.78, 5) is 12.6. The van der Waals surface area contributed by atoms with Crippen LogP contribution in [0, 0.1) is 5.92 Å². The molecule has 2 aromatic carbocycles. The van der Waals surface area contributed by atoms with Crippen LogP contribution in [0.4, 0.5) is 0 Å². The zero-order valence-corrected chi connectivity index (χ0v) is 15.2. The van der Waals surface area contributed by atoms with Gasteiger partial charge in [-0.05, 0) is 24.1 Å². The number of benzene rings is 2. The number of methoxy groups -OCH3 is 3. The van der Waals surface area contributed by atoms with Gasteiger partial charge in [-0.3, -0.25) is 4.79 Å². The molecule has 0 unspecified atom stereocenters. The van der Waals surface area contributed by atoms with Gasteiger partial charge in [0.05, 0.1) is 27.2 Å². The number of ether oxygens (including phenoxy) is 4. The predicted octanol–water partition coefficient (Wildman–Crippen LogP) is 2.58. The van der Waals surface area contributed by atoms with Crippen LogP contribution in [0.1, 0.15) is 11.1 Å². The van der Waals surface area contributed by atoms with E-state index in [-0.39, 0.29) is 11.8 Å². The van der Waals surface area contributed by atoms with Gasteiger partial charge in [0.2, 0.25) is 5.91 Å². The van der Waals surface area contributed by atoms with Crippen molar-refractivity contribution in [1.29, 1.82) is 0 Å². The maximum Gasteiger partial charge on any atom is 0.227 e. The van der Waals surface area contributed by atoms with Crippen LogP contribution in [0.5, 0.6) is 23.0 Å². The van der Waals surface area contributed by atoms with E-state index in [0.29, 0.717) is 36.8 Å². The van der Waals surface area contributed by atoms with Crippen LogP contribution in [-0.2, 0) is 17.8 Å². The summed E-state index contributed by atoms with van der Waals surface area (Å²) in [5.41, 5.74) is 1.87. The Morgan fingerprint density at radius 1 is 1.08 bits per heavy atom. The normalized spacial score (nSPS) is 15.4. The lowest BCUT2D eigenvalue weighted by molar-refractivity contribution is -0.126. The number of nitrogens with one attached hydrogen (secondary N) is 1. The smallest absolute Gasteiger partial charge is 0.227 e. The summed E-state index contributed by atoms with van der Waals surface area (Å²) < 4.78 is 21.7. The summed E-state index contributed by atoms with van der Waals surface area (Å²) in [6.07, 6.45) is 0.672. The summed E-state index contributed by atoms with van der Waals surface area (Å²) in [6.45, 7) is 0.715. The predicted molar refractivity (Wildman–Crippen MR) is 97.1 cm³/mol. The van der Waals surface area contributed by atoms with E-state index in [4.69, 9.17) is 18.9 Å². The van der Waals surface area contributed by atoms with Gasteiger partial charge in [0.1, 0.15) is 18.1 Å². The van der Waals surface area contributed by atoms with E-state index in [1.165, 1.54) is 0 Å². The highest BCUT2D eigenvalue weighted by atomic mass is 16.5. The van der Waals surface area contributed by atoms with Crippen molar-refractivity contribution in [2.24, 2.45) is 5.92 Å². The number of para-hydroxylation sites is 1. The minimum absolute atomic E-state index is 0.0451. The molecule has 0 bridgehead atoms. The molecule has 3 rings (SSSR count). The van der Waals surface area contributed by atoms with Gasteiger partial charge in [-0.2, -0.15) is 0 Å². The molecule has 0 saturated heterocycles. The van der Waals surface area contributed by atoms with Crippen molar-refractivity contribution < 1.29 is 23.7 Å². The molecule has 0 spiro atoms. The first-order valence-electron chi connectivity index (χ1n) is 8.43. The van der Waals surface area contributed by atoms with E-state index in [1.807, 2.05) is 30.3 Å². The first-order valence-corrected chi connectivity index (χ1v) is 8.43. The molecule has 6 heteroatoms. The molecule has 0 saturated carbocycles. The van der Waals surface area contributed by atoms with Crippen molar-refractivity contribution >= 4 is 5.91 Å². The molecule has 1 atom stereocenters.